The maximum atomic E-state index is 12.7. The number of carbonyl (C=O) groups excluding carboxylic acids is 1. The van der Waals surface area contributed by atoms with Crippen LogP contribution >= 0.6 is 0 Å². The van der Waals surface area contributed by atoms with Crippen LogP contribution in [0.5, 0.6) is 11.5 Å². The highest BCUT2D eigenvalue weighted by atomic mass is 16.5. The van der Waals surface area contributed by atoms with E-state index in [9.17, 15) is 4.79 Å². The molecule has 3 rings (SSSR count). The van der Waals surface area contributed by atoms with Gasteiger partial charge in [0.15, 0.2) is 0 Å². The van der Waals surface area contributed by atoms with E-state index in [-0.39, 0.29) is 18.1 Å². The third kappa shape index (κ3) is 4.55. The smallest absolute Gasteiger partial charge is 0.254 e. The lowest BCUT2D eigenvalue weighted by atomic mass is 10.1. The maximum Gasteiger partial charge on any atom is 0.254 e. The van der Waals surface area contributed by atoms with E-state index in [1.165, 1.54) is 0 Å². The van der Waals surface area contributed by atoms with Crippen LogP contribution in [0.3, 0.4) is 0 Å². The third-order valence-electron chi connectivity index (χ3n) is 4.35. The normalized spacial score (nSPS) is 19.9. The molecule has 5 heteroatoms. The standard InChI is InChI=1S/C21H25NO4/c1-15-12-22(13-16(2)26-15)21(23)18-9-7-17(8-10-18)14-25-20-6-4-5-19(11-20)24-3/h4-11,15-16H,12-14H2,1-3H3. The Morgan fingerprint density at radius 2 is 1.73 bits per heavy atom. The Kier molecular flexibility index (Phi) is 5.78. The highest BCUT2D eigenvalue weighted by molar-refractivity contribution is 5.94. The Morgan fingerprint density at radius 3 is 2.38 bits per heavy atom. The number of hydrogen-bond donors (Lipinski definition) is 0. The first-order valence-electron chi connectivity index (χ1n) is 8.85. The highest BCUT2D eigenvalue weighted by Crippen LogP contribution is 2.20. The van der Waals surface area contributed by atoms with E-state index in [4.69, 9.17) is 14.2 Å². The summed E-state index contributed by atoms with van der Waals surface area (Å²) in [5.74, 6) is 1.56. The quantitative estimate of drug-likeness (QED) is 0.823. The summed E-state index contributed by atoms with van der Waals surface area (Å²) in [6.07, 6.45) is 0.136. The van der Waals surface area contributed by atoms with Crippen molar-refractivity contribution in [3.8, 4) is 11.5 Å². The van der Waals surface area contributed by atoms with Crippen molar-refractivity contribution < 1.29 is 19.0 Å². The van der Waals surface area contributed by atoms with Gasteiger partial charge in [-0.05, 0) is 43.7 Å². The molecule has 0 N–H and O–H groups in total. The van der Waals surface area contributed by atoms with Gasteiger partial charge in [0.1, 0.15) is 18.1 Å². The minimum atomic E-state index is 0.0484. The van der Waals surface area contributed by atoms with Gasteiger partial charge in [0.2, 0.25) is 0 Å². The van der Waals surface area contributed by atoms with Crippen LogP contribution in [-0.4, -0.2) is 43.2 Å². The lowest BCUT2D eigenvalue weighted by molar-refractivity contribution is -0.0586. The second-order valence-electron chi connectivity index (χ2n) is 6.63. The monoisotopic (exact) mass is 355 g/mol. The van der Waals surface area contributed by atoms with E-state index in [2.05, 4.69) is 0 Å². The molecule has 5 nitrogen and oxygen atoms in total. The van der Waals surface area contributed by atoms with Gasteiger partial charge in [-0.25, -0.2) is 0 Å². The van der Waals surface area contributed by atoms with Crippen LogP contribution in [0, 0.1) is 0 Å². The minimum Gasteiger partial charge on any atom is -0.497 e. The van der Waals surface area contributed by atoms with Gasteiger partial charge >= 0.3 is 0 Å². The summed E-state index contributed by atoms with van der Waals surface area (Å²) in [5, 5.41) is 0. The van der Waals surface area contributed by atoms with Gasteiger partial charge in [-0.15, -0.1) is 0 Å². The number of ether oxygens (including phenoxy) is 3. The van der Waals surface area contributed by atoms with E-state index < -0.39 is 0 Å². The molecule has 0 saturated carbocycles. The summed E-state index contributed by atoms with van der Waals surface area (Å²) in [7, 11) is 1.63. The van der Waals surface area contributed by atoms with Crippen LogP contribution < -0.4 is 9.47 Å². The number of hydrogen-bond acceptors (Lipinski definition) is 4. The molecule has 0 aliphatic carbocycles. The highest BCUT2D eigenvalue weighted by Gasteiger charge is 2.26. The van der Waals surface area contributed by atoms with E-state index in [0.717, 1.165) is 17.1 Å². The lowest BCUT2D eigenvalue weighted by Crippen LogP contribution is -2.48. The van der Waals surface area contributed by atoms with Crippen molar-refractivity contribution in [1.82, 2.24) is 4.90 Å². The molecule has 138 valence electrons. The van der Waals surface area contributed by atoms with Crippen molar-refractivity contribution >= 4 is 5.91 Å². The molecule has 0 radical (unpaired) electrons. The molecule has 1 aliphatic heterocycles. The molecule has 2 aromatic rings. The summed E-state index contributed by atoms with van der Waals surface area (Å²) in [5.41, 5.74) is 1.70. The van der Waals surface area contributed by atoms with Gasteiger partial charge in [-0.2, -0.15) is 0 Å². The summed E-state index contributed by atoms with van der Waals surface area (Å²) >= 11 is 0. The first-order chi connectivity index (χ1) is 12.5. The van der Waals surface area contributed by atoms with Crippen LogP contribution in [0.1, 0.15) is 29.8 Å². The van der Waals surface area contributed by atoms with Crippen molar-refractivity contribution in [3.63, 3.8) is 0 Å². The van der Waals surface area contributed by atoms with E-state index in [1.807, 2.05) is 67.3 Å². The Balaban J connectivity index is 1.60. The fourth-order valence-electron chi connectivity index (χ4n) is 3.13. The predicted molar refractivity (Wildman–Crippen MR) is 99.7 cm³/mol. The molecule has 26 heavy (non-hydrogen) atoms. The van der Waals surface area contributed by atoms with Crippen LogP contribution in [0.25, 0.3) is 0 Å². The van der Waals surface area contributed by atoms with Crippen molar-refractivity contribution in [3.05, 3.63) is 59.7 Å². The average molecular weight is 355 g/mol. The molecule has 1 saturated heterocycles. The Morgan fingerprint density at radius 1 is 1.08 bits per heavy atom. The van der Waals surface area contributed by atoms with Gasteiger partial charge in [-0.3, -0.25) is 4.79 Å². The number of nitrogens with zero attached hydrogens (tertiary/aromatic N) is 1. The zero-order chi connectivity index (χ0) is 18.5. The minimum absolute atomic E-state index is 0.0484. The van der Waals surface area contributed by atoms with Crippen LogP contribution in [0.2, 0.25) is 0 Å². The SMILES string of the molecule is COc1cccc(OCc2ccc(C(=O)N3CC(C)OC(C)C3)cc2)c1. The van der Waals surface area contributed by atoms with Crippen molar-refractivity contribution in [2.45, 2.75) is 32.7 Å². The Hall–Kier alpha value is -2.53. The molecular formula is C21H25NO4. The Bertz CT molecular complexity index is 734. The number of methoxy groups -OCH3 is 1. The second-order valence-corrected chi connectivity index (χ2v) is 6.63. The number of morpholine rings is 1. The number of benzene rings is 2. The van der Waals surface area contributed by atoms with E-state index in [1.54, 1.807) is 7.11 Å². The summed E-state index contributed by atoms with van der Waals surface area (Å²) in [4.78, 5) is 14.5. The molecule has 1 amide bonds. The number of amides is 1. The topological polar surface area (TPSA) is 48.0 Å². The first-order valence-corrected chi connectivity index (χ1v) is 8.85. The second kappa shape index (κ2) is 8.23. The van der Waals surface area contributed by atoms with Gasteiger partial charge in [0.25, 0.3) is 5.91 Å². The van der Waals surface area contributed by atoms with Crippen LogP contribution in [0.15, 0.2) is 48.5 Å². The third-order valence-corrected chi connectivity index (χ3v) is 4.35. The molecular weight excluding hydrogens is 330 g/mol. The zero-order valence-corrected chi connectivity index (χ0v) is 15.5. The lowest BCUT2D eigenvalue weighted by Gasteiger charge is -2.35. The molecule has 1 fully saturated rings. The zero-order valence-electron chi connectivity index (χ0n) is 15.5. The largest absolute Gasteiger partial charge is 0.497 e. The predicted octanol–water partition coefficient (Wildman–Crippen LogP) is 3.52. The number of carbonyl (C=O) groups is 1. The summed E-state index contributed by atoms with van der Waals surface area (Å²) in [6.45, 7) is 5.69. The average Bonchev–Trinajstić information content (AvgIpc) is 2.65. The molecule has 2 aromatic carbocycles. The summed E-state index contributed by atoms with van der Waals surface area (Å²) in [6, 6.07) is 15.1. The molecule has 0 aromatic heterocycles. The summed E-state index contributed by atoms with van der Waals surface area (Å²) < 4.78 is 16.7. The maximum absolute atomic E-state index is 12.7. The molecule has 1 heterocycles. The van der Waals surface area contributed by atoms with Crippen LogP contribution in [0.4, 0.5) is 0 Å². The molecule has 1 aliphatic rings. The Labute approximate surface area is 154 Å². The molecule has 0 spiro atoms. The fourth-order valence-corrected chi connectivity index (χ4v) is 3.13. The number of rotatable bonds is 5. The van der Waals surface area contributed by atoms with Gasteiger partial charge in [0, 0.05) is 24.7 Å². The molecule has 0 bridgehead atoms. The van der Waals surface area contributed by atoms with Crippen LogP contribution in [-0.2, 0) is 11.3 Å². The molecule has 2 unspecified atom stereocenters. The van der Waals surface area contributed by atoms with E-state index in [0.29, 0.717) is 25.3 Å². The van der Waals surface area contributed by atoms with Gasteiger partial charge in [0.05, 0.1) is 19.3 Å². The van der Waals surface area contributed by atoms with Gasteiger partial charge in [-0.1, -0.05) is 18.2 Å². The van der Waals surface area contributed by atoms with Crippen molar-refractivity contribution in [2.75, 3.05) is 20.2 Å². The van der Waals surface area contributed by atoms with Crippen molar-refractivity contribution in [2.24, 2.45) is 0 Å². The fraction of sp³-hybridized carbons (Fsp3) is 0.381. The van der Waals surface area contributed by atoms with Gasteiger partial charge < -0.3 is 19.1 Å². The van der Waals surface area contributed by atoms with E-state index >= 15 is 0 Å². The first kappa shape index (κ1) is 18.3. The van der Waals surface area contributed by atoms with Crippen molar-refractivity contribution in [1.29, 1.82) is 0 Å². The molecule has 2 atom stereocenters.